The highest BCUT2D eigenvalue weighted by atomic mass is 32.1. The van der Waals surface area contributed by atoms with Crippen molar-refractivity contribution in [3.05, 3.63) is 64.5 Å². The minimum atomic E-state index is 0.0194. The monoisotopic (exact) mass is 352 g/mol. The molecular formula is C20H20N2O2S. The number of aromatic nitrogens is 1. The number of carbonyl (C=O) groups is 1. The van der Waals surface area contributed by atoms with Gasteiger partial charge in [-0.25, -0.2) is 0 Å². The first kappa shape index (κ1) is 16.2. The zero-order chi connectivity index (χ0) is 17.1. The molecule has 1 aliphatic rings. The molecule has 0 radical (unpaired) electrons. The number of amides is 1. The molecule has 0 aliphatic carbocycles. The van der Waals surface area contributed by atoms with Crippen LogP contribution in [0.5, 0.6) is 0 Å². The van der Waals surface area contributed by atoms with E-state index < -0.39 is 0 Å². The van der Waals surface area contributed by atoms with Gasteiger partial charge in [0.1, 0.15) is 0 Å². The topological polar surface area (TPSA) is 42.4 Å². The third-order valence-corrected chi connectivity index (χ3v) is 5.28. The highest BCUT2D eigenvalue weighted by molar-refractivity contribution is 7.07. The number of carbonyl (C=O) groups excluding carboxylic acids is 1. The van der Waals surface area contributed by atoms with Crippen molar-refractivity contribution >= 4 is 28.1 Å². The molecule has 1 aliphatic heterocycles. The van der Waals surface area contributed by atoms with Crippen LogP contribution < -0.4 is 0 Å². The Bertz CT molecular complexity index is 852. The summed E-state index contributed by atoms with van der Waals surface area (Å²) in [7, 11) is 0. The average molecular weight is 352 g/mol. The van der Waals surface area contributed by atoms with Crippen LogP contribution in [0.15, 0.2) is 53.4 Å². The number of hydrogen-bond donors (Lipinski definition) is 0. The molecule has 1 aromatic carbocycles. The maximum atomic E-state index is 13.3. The molecule has 2 aromatic heterocycles. The molecule has 25 heavy (non-hydrogen) atoms. The fourth-order valence-corrected chi connectivity index (χ4v) is 3.96. The highest BCUT2D eigenvalue weighted by Gasteiger charge is 2.25. The smallest absolute Gasteiger partial charge is 0.256 e. The Morgan fingerprint density at radius 3 is 3.00 bits per heavy atom. The number of hydrogen-bond acceptors (Lipinski definition) is 4. The minimum absolute atomic E-state index is 0.0194. The van der Waals surface area contributed by atoms with Crippen LogP contribution in [0.4, 0.5) is 0 Å². The summed E-state index contributed by atoms with van der Waals surface area (Å²) in [4.78, 5) is 19.6. The maximum Gasteiger partial charge on any atom is 0.256 e. The molecule has 4 nitrogen and oxygen atoms in total. The summed E-state index contributed by atoms with van der Waals surface area (Å²) >= 11 is 1.65. The Kier molecular flexibility index (Phi) is 4.76. The normalized spacial score (nSPS) is 17.0. The van der Waals surface area contributed by atoms with Crippen LogP contribution in [0.3, 0.4) is 0 Å². The fraction of sp³-hybridized carbons (Fsp3) is 0.300. The van der Waals surface area contributed by atoms with Crippen LogP contribution in [-0.4, -0.2) is 35.0 Å². The first-order valence-corrected chi connectivity index (χ1v) is 9.51. The second-order valence-corrected chi connectivity index (χ2v) is 7.11. The number of para-hydroxylation sites is 1. The number of benzene rings is 1. The van der Waals surface area contributed by atoms with Crippen molar-refractivity contribution in [1.29, 1.82) is 0 Å². The zero-order valence-corrected chi connectivity index (χ0v) is 14.7. The van der Waals surface area contributed by atoms with E-state index in [1.807, 2.05) is 40.6 Å². The molecule has 128 valence electrons. The maximum absolute atomic E-state index is 13.3. The lowest BCUT2D eigenvalue weighted by atomic mass is 10.1. The van der Waals surface area contributed by atoms with Crippen LogP contribution in [0, 0.1) is 0 Å². The second-order valence-electron chi connectivity index (χ2n) is 6.33. The first-order chi connectivity index (χ1) is 12.3. The predicted octanol–water partition coefficient (Wildman–Crippen LogP) is 4.12. The summed E-state index contributed by atoms with van der Waals surface area (Å²) < 4.78 is 5.77. The van der Waals surface area contributed by atoms with Gasteiger partial charge in [-0.1, -0.05) is 18.2 Å². The fourth-order valence-electron chi connectivity index (χ4n) is 3.30. The Morgan fingerprint density at radius 1 is 1.28 bits per heavy atom. The van der Waals surface area contributed by atoms with Gasteiger partial charge in [0.15, 0.2) is 0 Å². The van der Waals surface area contributed by atoms with Crippen molar-refractivity contribution < 1.29 is 9.53 Å². The van der Waals surface area contributed by atoms with Gasteiger partial charge in [0.25, 0.3) is 5.91 Å². The van der Waals surface area contributed by atoms with Gasteiger partial charge >= 0.3 is 0 Å². The number of ether oxygens (including phenoxy) is 1. The third-order valence-electron chi connectivity index (χ3n) is 4.55. The van der Waals surface area contributed by atoms with Crippen molar-refractivity contribution in [1.82, 2.24) is 9.88 Å². The minimum Gasteiger partial charge on any atom is -0.376 e. The summed E-state index contributed by atoms with van der Waals surface area (Å²) in [6, 6.07) is 11.7. The lowest BCUT2D eigenvalue weighted by molar-refractivity contribution is 0.0509. The zero-order valence-electron chi connectivity index (χ0n) is 13.9. The van der Waals surface area contributed by atoms with Crippen LogP contribution in [0.2, 0.25) is 0 Å². The Morgan fingerprint density at radius 2 is 2.20 bits per heavy atom. The van der Waals surface area contributed by atoms with E-state index in [2.05, 4.69) is 16.4 Å². The quantitative estimate of drug-likeness (QED) is 0.694. The lowest BCUT2D eigenvalue weighted by Crippen LogP contribution is -2.37. The summed E-state index contributed by atoms with van der Waals surface area (Å²) in [5.41, 5.74) is 2.58. The van der Waals surface area contributed by atoms with Crippen molar-refractivity contribution in [3.63, 3.8) is 0 Å². The van der Waals surface area contributed by atoms with E-state index in [1.165, 1.54) is 0 Å². The molecule has 3 aromatic rings. The van der Waals surface area contributed by atoms with Crippen LogP contribution in [0.1, 0.15) is 28.8 Å². The first-order valence-electron chi connectivity index (χ1n) is 8.57. The molecular weight excluding hydrogens is 332 g/mol. The largest absolute Gasteiger partial charge is 0.376 e. The average Bonchev–Trinajstić information content (AvgIpc) is 3.34. The molecule has 0 spiro atoms. The molecule has 1 atom stereocenters. The van der Waals surface area contributed by atoms with Gasteiger partial charge in [-0.05, 0) is 47.4 Å². The number of pyridine rings is 1. The molecule has 3 heterocycles. The summed E-state index contributed by atoms with van der Waals surface area (Å²) in [5, 5.41) is 5.13. The van der Waals surface area contributed by atoms with Gasteiger partial charge in [-0.3, -0.25) is 9.78 Å². The van der Waals surface area contributed by atoms with Gasteiger partial charge < -0.3 is 9.64 Å². The number of thiophene rings is 1. The van der Waals surface area contributed by atoms with Gasteiger partial charge in [0, 0.05) is 31.3 Å². The summed E-state index contributed by atoms with van der Waals surface area (Å²) in [5.74, 6) is 0.0194. The van der Waals surface area contributed by atoms with Crippen molar-refractivity contribution in [3.8, 4) is 0 Å². The molecule has 4 rings (SSSR count). The van der Waals surface area contributed by atoms with E-state index >= 15 is 0 Å². The number of fused-ring (bicyclic) bond motifs is 1. The van der Waals surface area contributed by atoms with E-state index in [-0.39, 0.29) is 12.0 Å². The summed E-state index contributed by atoms with van der Waals surface area (Å²) in [6.07, 6.45) is 3.95. The Labute approximate surface area is 151 Å². The predicted molar refractivity (Wildman–Crippen MR) is 99.8 cm³/mol. The Balaban J connectivity index is 1.65. The van der Waals surface area contributed by atoms with E-state index in [0.29, 0.717) is 18.7 Å². The Hall–Kier alpha value is -2.24. The molecule has 0 unspecified atom stereocenters. The molecule has 5 heteroatoms. The van der Waals surface area contributed by atoms with Crippen LogP contribution in [0.25, 0.3) is 10.9 Å². The molecule has 1 amide bonds. The number of nitrogens with zero attached hydrogens (tertiary/aromatic N) is 2. The van der Waals surface area contributed by atoms with E-state index in [1.54, 1.807) is 17.5 Å². The van der Waals surface area contributed by atoms with Crippen LogP contribution in [-0.2, 0) is 11.3 Å². The van der Waals surface area contributed by atoms with Crippen molar-refractivity contribution in [2.24, 2.45) is 0 Å². The lowest BCUT2D eigenvalue weighted by Gasteiger charge is -2.25. The molecule has 0 saturated carbocycles. The summed E-state index contributed by atoms with van der Waals surface area (Å²) in [6.45, 7) is 2.02. The molecule has 1 saturated heterocycles. The van der Waals surface area contributed by atoms with Crippen molar-refractivity contribution in [2.45, 2.75) is 25.5 Å². The van der Waals surface area contributed by atoms with Gasteiger partial charge in [-0.15, -0.1) is 0 Å². The molecule has 1 fully saturated rings. The third kappa shape index (κ3) is 3.57. The van der Waals surface area contributed by atoms with Gasteiger partial charge in [0.2, 0.25) is 0 Å². The van der Waals surface area contributed by atoms with E-state index in [0.717, 1.165) is 35.9 Å². The van der Waals surface area contributed by atoms with Gasteiger partial charge in [-0.2, -0.15) is 11.3 Å². The second kappa shape index (κ2) is 7.33. The van der Waals surface area contributed by atoms with E-state index in [9.17, 15) is 4.79 Å². The molecule has 0 bridgehead atoms. The van der Waals surface area contributed by atoms with E-state index in [4.69, 9.17) is 4.74 Å². The SMILES string of the molecule is O=C(c1cccc2cccnc12)N(Cc1ccsc1)C[C@H]1CCCO1. The molecule has 0 N–H and O–H groups in total. The van der Waals surface area contributed by atoms with Gasteiger partial charge in [0.05, 0.1) is 17.2 Å². The standard InChI is InChI=1S/C20H20N2O2S/c23-20(18-7-1-4-16-5-2-9-21-19(16)18)22(12-15-8-11-25-14-15)13-17-6-3-10-24-17/h1-2,4-5,7-9,11,14,17H,3,6,10,12-13H2/t17-/m1/s1. The highest BCUT2D eigenvalue weighted by Crippen LogP contribution is 2.22. The van der Waals surface area contributed by atoms with Crippen molar-refractivity contribution in [2.75, 3.05) is 13.2 Å². The number of rotatable bonds is 5. The van der Waals surface area contributed by atoms with Crippen LogP contribution >= 0.6 is 11.3 Å².